The lowest BCUT2D eigenvalue weighted by Crippen LogP contribution is -2.50. The molecule has 72 valence electrons. The minimum atomic E-state index is -3.52. The maximum Gasteiger partial charge on any atom is 0.277 e. The van der Waals surface area contributed by atoms with Crippen LogP contribution >= 0.6 is 0 Å². The van der Waals surface area contributed by atoms with Crippen LogP contribution in [0.25, 0.3) is 0 Å². The summed E-state index contributed by atoms with van der Waals surface area (Å²) in [5.74, 6) is 0. The Labute approximate surface area is 72.9 Å². The molecule has 5 nitrogen and oxygen atoms in total. The second kappa shape index (κ2) is 3.29. The molecule has 0 aromatic carbocycles. The lowest BCUT2D eigenvalue weighted by atomic mass is 10.0. The van der Waals surface area contributed by atoms with Crippen molar-refractivity contribution in [2.45, 2.75) is 31.8 Å². The molecule has 1 fully saturated rings. The monoisotopic (exact) mass is 193 g/mol. The van der Waals surface area contributed by atoms with E-state index in [-0.39, 0.29) is 12.1 Å². The van der Waals surface area contributed by atoms with E-state index < -0.39 is 10.2 Å². The number of rotatable bonds is 1. The van der Waals surface area contributed by atoms with E-state index in [2.05, 4.69) is 0 Å². The van der Waals surface area contributed by atoms with E-state index in [9.17, 15) is 8.42 Å². The van der Waals surface area contributed by atoms with Gasteiger partial charge in [-0.25, -0.2) is 5.14 Å². The SMILES string of the molecule is CC1CC(N)CCN1S(N)(=O)=O. The summed E-state index contributed by atoms with van der Waals surface area (Å²) in [7, 11) is -3.52. The van der Waals surface area contributed by atoms with Gasteiger partial charge in [0.25, 0.3) is 10.2 Å². The van der Waals surface area contributed by atoms with Crippen molar-refractivity contribution < 1.29 is 8.42 Å². The molecule has 1 aliphatic rings. The van der Waals surface area contributed by atoms with Crippen LogP contribution in [0.1, 0.15) is 19.8 Å². The number of hydrogen-bond acceptors (Lipinski definition) is 3. The third-order valence-corrected chi connectivity index (χ3v) is 3.38. The maximum absolute atomic E-state index is 11.0. The number of piperidine rings is 1. The quantitative estimate of drug-likeness (QED) is 0.560. The average molecular weight is 193 g/mol. The summed E-state index contributed by atoms with van der Waals surface area (Å²) in [6, 6.07) is 0.0433. The Bertz CT molecular complexity index is 252. The molecule has 6 heteroatoms. The van der Waals surface area contributed by atoms with Gasteiger partial charge >= 0.3 is 0 Å². The van der Waals surface area contributed by atoms with Crippen LogP contribution in [0.2, 0.25) is 0 Å². The van der Waals surface area contributed by atoms with Gasteiger partial charge in [-0.05, 0) is 19.8 Å². The molecule has 4 N–H and O–H groups in total. The zero-order valence-electron chi connectivity index (χ0n) is 7.10. The molecule has 1 heterocycles. The molecule has 0 bridgehead atoms. The molecule has 0 spiro atoms. The summed E-state index contributed by atoms with van der Waals surface area (Å²) in [6.07, 6.45) is 1.39. The summed E-state index contributed by atoms with van der Waals surface area (Å²) in [5.41, 5.74) is 5.67. The van der Waals surface area contributed by atoms with Crippen LogP contribution in [0.5, 0.6) is 0 Å². The summed E-state index contributed by atoms with van der Waals surface area (Å²) < 4.78 is 23.2. The first-order valence-electron chi connectivity index (χ1n) is 3.96. The molecule has 0 radical (unpaired) electrons. The van der Waals surface area contributed by atoms with Crippen molar-refractivity contribution in [1.29, 1.82) is 0 Å². The van der Waals surface area contributed by atoms with Gasteiger partial charge in [-0.1, -0.05) is 0 Å². The third kappa shape index (κ3) is 2.16. The van der Waals surface area contributed by atoms with Crippen LogP contribution in [-0.4, -0.2) is 31.4 Å². The van der Waals surface area contributed by atoms with E-state index in [1.165, 1.54) is 4.31 Å². The van der Waals surface area contributed by atoms with Gasteiger partial charge in [0.1, 0.15) is 0 Å². The second-order valence-corrected chi connectivity index (χ2v) is 4.79. The van der Waals surface area contributed by atoms with E-state index >= 15 is 0 Å². The van der Waals surface area contributed by atoms with Crippen molar-refractivity contribution in [3.63, 3.8) is 0 Å². The van der Waals surface area contributed by atoms with Crippen LogP contribution < -0.4 is 10.9 Å². The van der Waals surface area contributed by atoms with Crippen LogP contribution in [0.4, 0.5) is 0 Å². The standard InChI is InChI=1S/C6H15N3O2S/c1-5-4-6(7)2-3-9(5)12(8,10)11/h5-6H,2-4,7H2,1H3,(H2,8,10,11). The Morgan fingerprint density at radius 2 is 2.08 bits per heavy atom. The highest BCUT2D eigenvalue weighted by Crippen LogP contribution is 2.17. The molecule has 2 unspecified atom stereocenters. The zero-order valence-corrected chi connectivity index (χ0v) is 7.92. The lowest BCUT2D eigenvalue weighted by Gasteiger charge is -2.33. The van der Waals surface area contributed by atoms with Crippen molar-refractivity contribution >= 4 is 10.2 Å². The summed E-state index contributed by atoms with van der Waals surface area (Å²) >= 11 is 0. The number of hydrogen-bond donors (Lipinski definition) is 2. The van der Waals surface area contributed by atoms with Crippen molar-refractivity contribution in [1.82, 2.24) is 4.31 Å². The van der Waals surface area contributed by atoms with Crippen molar-refractivity contribution in [2.24, 2.45) is 10.9 Å². The first-order chi connectivity index (χ1) is 5.41. The fraction of sp³-hybridized carbons (Fsp3) is 1.00. The van der Waals surface area contributed by atoms with Crippen LogP contribution in [0.3, 0.4) is 0 Å². The molecule has 1 saturated heterocycles. The summed E-state index contributed by atoms with van der Waals surface area (Å²) in [5, 5.41) is 5.00. The molecule has 0 saturated carbocycles. The number of nitrogens with two attached hydrogens (primary N) is 2. The Morgan fingerprint density at radius 1 is 1.50 bits per heavy atom. The van der Waals surface area contributed by atoms with E-state index in [0.29, 0.717) is 19.4 Å². The van der Waals surface area contributed by atoms with Crippen molar-refractivity contribution in [3.05, 3.63) is 0 Å². The van der Waals surface area contributed by atoms with E-state index in [1.807, 2.05) is 6.92 Å². The number of nitrogens with zero attached hydrogens (tertiary/aromatic N) is 1. The highest BCUT2D eigenvalue weighted by Gasteiger charge is 2.29. The summed E-state index contributed by atoms with van der Waals surface area (Å²) in [4.78, 5) is 0. The molecule has 0 aromatic heterocycles. The molecule has 1 aliphatic heterocycles. The molecule has 0 aliphatic carbocycles. The molecule has 1 rings (SSSR count). The van der Waals surface area contributed by atoms with Gasteiger partial charge < -0.3 is 5.73 Å². The van der Waals surface area contributed by atoms with Crippen LogP contribution in [0.15, 0.2) is 0 Å². The minimum Gasteiger partial charge on any atom is -0.328 e. The fourth-order valence-corrected chi connectivity index (χ4v) is 2.51. The van der Waals surface area contributed by atoms with Gasteiger partial charge in [0.15, 0.2) is 0 Å². The Kier molecular flexibility index (Phi) is 2.72. The fourth-order valence-electron chi connectivity index (χ4n) is 1.57. The first-order valence-corrected chi connectivity index (χ1v) is 5.46. The smallest absolute Gasteiger partial charge is 0.277 e. The largest absolute Gasteiger partial charge is 0.328 e. The Hall–Kier alpha value is -0.170. The minimum absolute atomic E-state index is 0.0660. The van der Waals surface area contributed by atoms with Crippen LogP contribution in [0, 0.1) is 0 Å². The van der Waals surface area contributed by atoms with E-state index in [1.54, 1.807) is 0 Å². The predicted octanol–water partition coefficient (Wildman–Crippen LogP) is -0.998. The highest BCUT2D eigenvalue weighted by molar-refractivity contribution is 7.86. The molecule has 0 amide bonds. The topological polar surface area (TPSA) is 89.4 Å². The molecular formula is C6H15N3O2S. The van der Waals surface area contributed by atoms with Gasteiger partial charge in [0.2, 0.25) is 0 Å². The normalized spacial score (nSPS) is 33.6. The summed E-state index contributed by atoms with van der Waals surface area (Å²) in [6.45, 7) is 2.27. The Balaban J connectivity index is 2.69. The van der Waals surface area contributed by atoms with Crippen molar-refractivity contribution in [3.8, 4) is 0 Å². The second-order valence-electron chi connectivity index (χ2n) is 3.29. The average Bonchev–Trinajstić information content (AvgIpc) is 1.83. The van der Waals surface area contributed by atoms with Crippen molar-refractivity contribution in [2.75, 3.05) is 6.54 Å². The first kappa shape index (κ1) is 9.91. The molecule has 2 atom stereocenters. The van der Waals surface area contributed by atoms with Gasteiger partial charge in [-0.15, -0.1) is 0 Å². The van der Waals surface area contributed by atoms with E-state index in [0.717, 1.165) is 0 Å². The highest BCUT2D eigenvalue weighted by atomic mass is 32.2. The zero-order chi connectivity index (χ0) is 9.35. The van der Waals surface area contributed by atoms with Gasteiger partial charge in [0.05, 0.1) is 0 Å². The Morgan fingerprint density at radius 3 is 2.50 bits per heavy atom. The molecular weight excluding hydrogens is 178 g/mol. The molecule has 0 aromatic rings. The van der Waals surface area contributed by atoms with Gasteiger partial charge in [-0.2, -0.15) is 12.7 Å². The van der Waals surface area contributed by atoms with Gasteiger partial charge in [0, 0.05) is 18.6 Å². The predicted molar refractivity (Wildman–Crippen MR) is 46.5 cm³/mol. The van der Waals surface area contributed by atoms with E-state index in [4.69, 9.17) is 10.9 Å². The maximum atomic E-state index is 11.0. The third-order valence-electron chi connectivity index (χ3n) is 2.18. The lowest BCUT2D eigenvalue weighted by molar-refractivity contribution is 0.247. The van der Waals surface area contributed by atoms with Gasteiger partial charge in [-0.3, -0.25) is 0 Å². The van der Waals surface area contributed by atoms with Crippen LogP contribution in [-0.2, 0) is 10.2 Å². The molecule has 12 heavy (non-hydrogen) atoms.